The van der Waals surface area contributed by atoms with Crippen LogP contribution in [0.25, 0.3) is 98.4 Å². The average molecular weight is 606 g/mol. The molecule has 10 rings (SSSR count). The van der Waals surface area contributed by atoms with E-state index in [1.54, 1.807) is 0 Å². The summed E-state index contributed by atoms with van der Waals surface area (Å²) < 4.78 is 86.2. The van der Waals surface area contributed by atoms with Crippen molar-refractivity contribution in [3.05, 3.63) is 170 Å². The molecule has 1 heterocycles. The quantitative estimate of drug-likeness (QED) is 0.183. The first kappa shape index (κ1) is 18.7. The van der Waals surface area contributed by atoms with Crippen LogP contribution in [0.5, 0.6) is 0 Å². The SMILES string of the molecule is [2H]c1c(-c2c3ccccc3c(-c3ccc4cc(-c5ccccc5)ccc4c3)c3ccccc23)c([2H])c2c(oc3c4c([2H])c([2H])c([2H])c([2H])c4c([2H])c([2H])c32)c1[2H]. The van der Waals surface area contributed by atoms with Gasteiger partial charge in [-0.2, -0.15) is 0 Å². The number of hydrogen-bond donors (Lipinski definition) is 0. The van der Waals surface area contributed by atoms with Gasteiger partial charge in [0.1, 0.15) is 11.2 Å². The minimum atomic E-state index is -0.535. The number of fused-ring (bicyclic) bond motifs is 8. The summed E-state index contributed by atoms with van der Waals surface area (Å²) in [5.74, 6) is 0. The summed E-state index contributed by atoms with van der Waals surface area (Å²) in [7, 11) is 0. The summed E-state index contributed by atoms with van der Waals surface area (Å²) in [4.78, 5) is 0. The molecule has 0 fully saturated rings. The predicted octanol–water partition coefficient (Wildman–Crippen LogP) is 13.2. The Bertz CT molecular complexity index is 3300. The zero-order valence-electron chi connectivity index (χ0n) is 33.9. The van der Waals surface area contributed by atoms with E-state index >= 15 is 0 Å². The van der Waals surface area contributed by atoms with Crippen molar-refractivity contribution in [2.45, 2.75) is 0 Å². The van der Waals surface area contributed by atoms with Crippen LogP contribution in [-0.2, 0) is 0 Å². The Labute approximate surface area is 284 Å². The number of furan rings is 1. The molecule has 0 unspecified atom stereocenters. The molecule has 0 amide bonds. The molecule has 1 aromatic heterocycles. The normalized spacial score (nSPS) is 14.5. The van der Waals surface area contributed by atoms with Crippen LogP contribution in [0.3, 0.4) is 0 Å². The highest BCUT2D eigenvalue weighted by Gasteiger charge is 2.18. The van der Waals surface area contributed by atoms with Crippen LogP contribution in [0, 0.1) is 0 Å². The number of benzene rings is 9. The molecule has 10 aromatic rings. The zero-order valence-corrected chi connectivity index (χ0v) is 24.9. The van der Waals surface area contributed by atoms with Gasteiger partial charge in [-0.05, 0) is 101 Å². The average Bonchev–Trinajstić information content (AvgIpc) is 3.63. The van der Waals surface area contributed by atoms with Crippen LogP contribution < -0.4 is 0 Å². The molecule has 9 aromatic carbocycles. The Balaban J connectivity index is 1.28. The standard InChI is InChI=1S/C46H28O/c1-2-10-29(11-3-1)31-18-19-33-27-34(21-20-32(33)26-31)44-37-14-6-8-16-39(37)45(40-17-9-7-15-38(40)44)35-23-25-43-42(28-35)41-24-22-30-12-4-5-13-36(30)46(41)47-43/h1-28H/i4D,5D,12D,13D,22D,23D,24D,25D,28D. The largest absolute Gasteiger partial charge is 0.455 e. The molecule has 0 saturated carbocycles. The zero-order chi connectivity index (χ0) is 38.7. The van der Waals surface area contributed by atoms with E-state index in [0.717, 1.165) is 54.6 Å². The van der Waals surface area contributed by atoms with Gasteiger partial charge in [0, 0.05) is 16.2 Å². The van der Waals surface area contributed by atoms with Crippen molar-refractivity contribution < 1.29 is 16.8 Å². The van der Waals surface area contributed by atoms with Gasteiger partial charge in [-0.1, -0.05) is 139 Å². The summed E-state index contributed by atoms with van der Waals surface area (Å²) >= 11 is 0. The molecular weight excluding hydrogens is 569 g/mol. The van der Waals surface area contributed by atoms with Gasteiger partial charge in [-0.3, -0.25) is 0 Å². The fourth-order valence-corrected chi connectivity index (χ4v) is 6.96. The highest BCUT2D eigenvalue weighted by atomic mass is 16.3. The first-order valence-electron chi connectivity index (χ1n) is 19.9. The van der Waals surface area contributed by atoms with Crippen molar-refractivity contribution in [3.8, 4) is 33.4 Å². The van der Waals surface area contributed by atoms with E-state index < -0.39 is 30.2 Å². The molecule has 0 atom stereocenters. The Morgan fingerprint density at radius 1 is 0.383 bits per heavy atom. The minimum absolute atomic E-state index is 0.000836. The maximum Gasteiger partial charge on any atom is 0.143 e. The van der Waals surface area contributed by atoms with Crippen LogP contribution in [0.15, 0.2) is 174 Å². The minimum Gasteiger partial charge on any atom is -0.455 e. The van der Waals surface area contributed by atoms with E-state index in [-0.39, 0.29) is 62.4 Å². The topological polar surface area (TPSA) is 13.1 Å². The molecule has 0 bridgehead atoms. The van der Waals surface area contributed by atoms with Gasteiger partial charge < -0.3 is 4.42 Å². The van der Waals surface area contributed by atoms with E-state index in [0.29, 0.717) is 5.56 Å². The van der Waals surface area contributed by atoms with Crippen LogP contribution >= 0.6 is 0 Å². The monoisotopic (exact) mass is 605 g/mol. The molecular formula is C46H28O. The molecule has 0 N–H and O–H groups in total. The Morgan fingerprint density at radius 2 is 1.00 bits per heavy atom. The van der Waals surface area contributed by atoms with E-state index in [9.17, 15) is 4.11 Å². The highest BCUT2D eigenvalue weighted by Crippen LogP contribution is 2.45. The molecule has 218 valence electrons. The van der Waals surface area contributed by atoms with Crippen molar-refractivity contribution >= 4 is 65.0 Å². The van der Waals surface area contributed by atoms with Crippen molar-refractivity contribution in [3.63, 3.8) is 0 Å². The molecule has 0 radical (unpaired) electrons. The van der Waals surface area contributed by atoms with Gasteiger partial charge in [0.25, 0.3) is 0 Å². The lowest BCUT2D eigenvalue weighted by atomic mass is 9.85. The van der Waals surface area contributed by atoms with E-state index in [4.69, 9.17) is 12.6 Å². The maximum absolute atomic E-state index is 9.74. The summed E-state index contributed by atoms with van der Waals surface area (Å²) in [5.41, 5.74) is 4.74. The third-order valence-electron chi connectivity index (χ3n) is 9.10. The lowest BCUT2D eigenvalue weighted by molar-refractivity contribution is 0.672. The van der Waals surface area contributed by atoms with Crippen LogP contribution in [-0.4, -0.2) is 0 Å². The van der Waals surface area contributed by atoms with Gasteiger partial charge in [-0.15, -0.1) is 0 Å². The van der Waals surface area contributed by atoms with Crippen LogP contribution in [0.2, 0.25) is 0 Å². The molecule has 0 saturated heterocycles. The summed E-state index contributed by atoms with van der Waals surface area (Å²) in [5, 5.41) is 5.27. The van der Waals surface area contributed by atoms with E-state index in [2.05, 4.69) is 48.5 Å². The second kappa shape index (κ2) is 10.2. The lowest BCUT2D eigenvalue weighted by Gasteiger charge is -2.18. The fourth-order valence-electron chi connectivity index (χ4n) is 6.96. The van der Waals surface area contributed by atoms with Gasteiger partial charge in [0.2, 0.25) is 0 Å². The van der Waals surface area contributed by atoms with Crippen LogP contribution in [0.1, 0.15) is 12.3 Å². The Morgan fingerprint density at radius 3 is 1.72 bits per heavy atom. The van der Waals surface area contributed by atoms with Crippen molar-refractivity contribution in [2.24, 2.45) is 0 Å². The Kier molecular flexibility index (Phi) is 4.05. The maximum atomic E-state index is 9.74. The van der Waals surface area contributed by atoms with E-state index in [1.807, 2.05) is 66.7 Å². The van der Waals surface area contributed by atoms with Gasteiger partial charge in [0.05, 0.1) is 12.3 Å². The van der Waals surface area contributed by atoms with Crippen molar-refractivity contribution in [1.82, 2.24) is 0 Å². The first-order chi connectivity index (χ1) is 27.1. The second-order valence-corrected chi connectivity index (χ2v) is 11.7. The van der Waals surface area contributed by atoms with Gasteiger partial charge in [0.15, 0.2) is 0 Å². The van der Waals surface area contributed by atoms with Gasteiger partial charge >= 0.3 is 0 Å². The molecule has 47 heavy (non-hydrogen) atoms. The highest BCUT2D eigenvalue weighted by molar-refractivity contribution is 6.23. The second-order valence-electron chi connectivity index (χ2n) is 11.7. The molecule has 0 aliphatic rings. The third-order valence-corrected chi connectivity index (χ3v) is 9.10. The lowest BCUT2D eigenvalue weighted by Crippen LogP contribution is -1.91. The molecule has 1 nitrogen and oxygen atoms in total. The summed E-state index contributed by atoms with van der Waals surface area (Å²) in [6, 6.07) is 35.3. The summed E-state index contributed by atoms with van der Waals surface area (Å²) in [6.07, 6.45) is 0. The first-order valence-corrected chi connectivity index (χ1v) is 15.4. The van der Waals surface area contributed by atoms with Crippen LogP contribution in [0.4, 0.5) is 0 Å². The van der Waals surface area contributed by atoms with Crippen molar-refractivity contribution in [2.75, 3.05) is 0 Å². The molecule has 0 spiro atoms. The Hall–Kier alpha value is -6.18. The summed E-state index contributed by atoms with van der Waals surface area (Å²) in [6.45, 7) is 0. The van der Waals surface area contributed by atoms with Crippen molar-refractivity contribution in [1.29, 1.82) is 0 Å². The van der Waals surface area contributed by atoms with Gasteiger partial charge in [-0.25, -0.2) is 0 Å². The fraction of sp³-hybridized carbons (Fsp3) is 0. The molecule has 0 aliphatic heterocycles. The third kappa shape index (κ3) is 4.03. The molecule has 1 heteroatoms. The molecule has 0 aliphatic carbocycles. The number of rotatable bonds is 3. The predicted molar refractivity (Wildman–Crippen MR) is 200 cm³/mol. The smallest absolute Gasteiger partial charge is 0.143 e. The number of hydrogen-bond acceptors (Lipinski definition) is 1. The van der Waals surface area contributed by atoms with E-state index in [1.165, 1.54) is 0 Å².